The minimum Gasteiger partial charge on any atom is -0.363 e. The first kappa shape index (κ1) is 12.8. The number of piperidine rings is 1. The maximum Gasteiger partial charge on any atom is 0.292 e. The number of hydrogen-bond donors (Lipinski definition) is 1. The molecule has 0 amide bonds. The van der Waals surface area contributed by atoms with Gasteiger partial charge in [-0.1, -0.05) is 6.07 Å². The summed E-state index contributed by atoms with van der Waals surface area (Å²) in [5.41, 5.74) is 7.74. The van der Waals surface area contributed by atoms with Crippen molar-refractivity contribution in [2.24, 2.45) is 5.73 Å². The maximum atomic E-state index is 11.1. The van der Waals surface area contributed by atoms with E-state index in [2.05, 4.69) is 11.8 Å². The number of rotatable bonds is 2. The Bertz CT molecular complexity index is 462. The summed E-state index contributed by atoms with van der Waals surface area (Å²) in [6.07, 6.45) is 1.76. The molecule has 2 unspecified atom stereocenters. The van der Waals surface area contributed by atoms with Gasteiger partial charge in [0, 0.05) is 24.7 Å². The zero-order chi connectivity index (χ0) is 13.3. The molecule has 18 heavy (non-hydrogen) atoms. The summed E-state index contributed by atoms with van der Waals surface area (Å²) < 4.78 is 0. The molecule has 0 aromatic heterocycles. The van der Waals surface area contributed by atoms with Crippen molar-refractivity contribution in [2.45, 2.75) is 38.8 Å². The molecule has 0 bridgehead atoms. The molecule has 1 heterocycles. The molecule has 0 aliphatic carbocycles. The first-order chi connectivity index (χ1) is 8.49. The highest BCUT2D eigenvalue weighted by atomic mass is 16.6. The maximum absolute atomic E-state index is 11.1. The number of benzene rings is 1. The lowest BCUT2D eigenvalue weighted by atomic mass is 9.98. The third kappa shape index (κ3) is 2.46. The average molecular weight is 249 g/mol. The summed E-state index contributed by atoms with van der Waals surface area (Å²) in [5, 5.41) is 11.1. The highest BCUT2D eigenvalue weighted by molar-refractivity contribution is 5.65. The van der Waals surface area contributed by atoms with Crippen molar-refractivity contribution in [3.8, 4) is 0 Å². The van der Waals surface area contributed by atoms with E-state index in [-0.39, 0.29) is 22.7 Å². The zero-order valence-electron chi connectivity index (χ0n) is 10.8. The van der Waals surface area contributed by atoms with Crippen molar-refractivity contribution >= 4 is 11.4 Å². The van der Waals surface area contributed by atoms with Crippen LogP contribution < -0.4 is 10.6 Å². The molecular formula is C13H19N3O2. The quantitative estimate of drug-likeness (QED) is 0.644. The SMILES string of the molecule is Cc1ccc(N2CCC(N)CC2C)c([N+](=O)[O-])c1. The Morgan fingerprint density at radius 3 is 2.83 bits per heavy atom. The monoisotopic (exact) mass is 249 g/mol. The second-order valence-corrected chi connectivity index (χ2v) is 5.08. The molecule has 0 spiro atoms. The molecule has 5 nitrogen and oxygen atoms in total. The van der Waals surface area contributed by atoms with Crippen LogP contribution in [0.15, 0.2) is 18.2 Å². The second kappa shape index (κ2) is 4.94. The Balaban J connectivity index is 2.35. The van der Waals surface area contributed by atoms with Gasteiger partial charge in [0.25, 0.3) is 5.69 Å². The molecule has 0 radical (unpaired) electrons. The fourth-order valence-electron chi connectivity index (χ4n) is 2.59. The van der Waals surface area contributed by atoms with E-state index in [1.165, 1.54) is 0 Å². The van der Waals surface area contributed by atoms with Crippen molar-refractivity contribution in [2.75, 3.05) is 11.4 Å². The van der Waals surface area contributed by atoms with Crippen LogP contribution in [0, 0.1) is 17.0 Å². The number of aryl methyl sites for hydroxylation is 1. The lowest BCUT2D eigenvalue weighted by Gasteiger charge is -2.37. The van der Waals surface area contributed by atoms with Gasteiger partial charge >= 0.3 is 0 Å². The van der Waals surface area contributed by atoms with Crippen LogP contribution in [0.5, 0.6) is 0 Å². The molecule has 1 aliphatic heterocycles. The topological polar surface area (TPSA) is 72.4 Å². The number of nitrogens with zero attached hydrogens (tertiary/aromatic N) is 2. The summed E-state index contributed by atoms with van der Waals surface area (Å²) >= 11 is 0. The van der Waals surface area contributed by atoms with Crippen molar-refractivity contribution < 1.29 is 4.92 Å². The summed E-state index contributed by atoms with van der Waals surface area (Å²) in [4.78, 5) is 12.9. The van der Waals surface area contributed by atoms with E-state index in [0.29, 0.717) is 5.69 Å². The van der Waals surface area contributed by atoms with Gasteiger partial charge in [0.15, 0.2) is 0 Å². The number of hydrogen-bond acceptors (Lipinski definition) is 4. The molecule has 1 saturated heterocycles. The van der Waals surface area contributed by atoms with Gasteiger partial charge in [-0.25, -0.2) is 0 Å². The van der Waals surface area contributed by atoms with Crippen LogP contribution in [0.1, 0.15) is 25.3 Å². The third-order valence-corrected chi connectivity index (χ3v) is 3.55. The summed E-state index contributed by atoms with van der Waals surface area (Å²) in [6.45, 7) is 4.72. The number of anilines is 1. The average Bonchev–Trinajstić information content (AvgIpc) is 2.29. The molecule has 1 aliphatic rings. The van der Waals surface area contributed by atoms with Crippen LogP contribution in [0.2, 0.25) is 0 Å². The van der Waals surface area contributed by atoms with Crippen molar-refractivity contribution in [1.82, 2.24) is 0 Å². The lowest BCUT2D eigenvalue weighted by molar-refractivity contribution is -0.384. The Morgan fingerprint density at radius 1 is 1.50 bits per heavy atom. The van der Waals surface area contributed by atoms with E-state index in [1.807, 2.05) is 19.1 Å². The number of nitrogens with two attached hydrogens (primary N) is 1. The van der Waals surface area contributed by atoms with E-state index < -0.39 is 0 Å². The summed E-state index contributed by atoms with van der Waals surface area (Å²) in [6, 6.07) is 5.86. The largest absolute Gasteiger partial charge is 0.363 e. The molecule has 2 rings (SSSR count). The van der Waals surface area contributed by atoms with Gasteiger partial charge in [0.2, 0.25) is 0 Å². The van der Waals surface area contributed by atoms with Crippen molar-refractivity contribution in [1.29, 1.82) is 0 Å². The molecule has 5 heteroatoms. The number of nitro benzene ring substituents is 1. The molecule has 98 valence electrons. The molecule has 2 N–H and O–H groups in total. The van der Waals surface area contributed by atoms with Gasteiger partial charge < -0.3 is 10.6 Å². The highest BCUT2D eigenvalue weighted by Crippen LogP contribution is 2.33. The van der Waals surface area contributed by atoms with Crippen LogP contribution in [-0.2, 0) is 0 Å². The Hall–Kier alpha value is -1.62. The van der Waals surface area contributed by atoms with Crippen LogP contribution in [-0.4, -0.2) is 23.6 Å². The molecule has 1 fully saturated rings. The van der Waals surface area contributed by atoms with Gasteiger partial charge in [0.1, 0.15) is 5.69 Å². The molecule has 2 atom stereocenters. The van der Waals surface area contributed by atoms with Crippen LogP contribution in [0.4, 0.5) is 11.4 Å². The predicted octanol–water partition coefficient (Wildman–Crippen LogP) is 2.22. The minimum atomic E-state index is -0.302. The highest BCUT2D eigenvalue weighted by Gasteiger charge is 2.28. The third-order valence-electron chi connectivity index (χ3n) is 3.55. The molecular weight excluding hydrogens is 230 g/mol. The van der Waals surface area contributed by atoms with Gasteiger partial charge in [-0.05, 0) is 38.3 Å². The fraction of sp³-hybridized carbons (Fsp3) is 0.538. The Labute approximate surface area is 107 Å². The van der Waals surface area contributed by atoms with Crippen LogP contribution in [0.3, 0.4) is 0 Å². The van der Waals surface area contributed by atoms with Gasteiger partial charge in [-0.2, -0.15) is 0 Å². The van der Waals surface area contributed by atoms with Crippen molar-refractivity contribution in [3.05, 3.63) is 33.9 Å². The zero-order valence-corrected chi connectivity index (χ0v) is 10.8. The predicted molar refractivity (Wildman–Crippen MR) is 71.9 cm³/mol. The second-order valence-electron chi connectivity index (χ2n) is 5.08. The van der Waals surface area contributed by atoms with E-state index in [1.54, 1.807) is 6.07 Å². The molecule has 0 saturated carbocycles. The van der Waals surface area contributed by atoms with Gasteiger partial charge in [-0.15, -0.1) is 0 Å². The fourth-order valence-corrected chi connectivity index (χ4v) is 2.59. The van der Waals surface area contributed by atoms with E-state index in [9.17, 15) is 10.1 Å². The van der Waals surface area contributed by atoms with Gasteiger partial charge in [0.05, 0.1) is 4.92 Å². The first-order valence-corrected chi connectivity index (χ1v) is 6.26. The molecule has 1 aromatic rings. The standard InChI is InChI=1S/C13H19N3O2/c1-9-3-4-12(13(7-9)16(17)18)15-6-5-11(14)8-10(15)2/h3-4,7,10-11H,5-6,8,14H2,1-2H3. The summed E-state index contributed by atoms with van der Waals surface area (Å²) in [5.74, 6) is 0. The van der Waals surface area contributed by atoms with E-state index in [0.717, 1.165) is 24.9 Å². The van der Waals surface area contributed by atoms with Crippen LogP contribution >= 0.6 is 0 Å². The Kier molecular flexibility index (Phi) is 3.52. The molecule has 1 aromatic carbocycles. The van der Waals surface area contributed by atoms with Gasteiger partial charge in [-0.3, -0.25) is 10.1 Å². The first-order valence-electron chi connectivity index (χ1n) is 6.26. The van der Waals surface area contributed by atoms with E-state index in [4.69, 9.17) is 5.73 Å². The number of nitro groups is 1. The van der Waals surface area contributed by atoms with Crippen molar-refractivity contribution in [3.63, 3.8) is 0 Å². The van der Waals surface area contributed by atoms with Crippen LogP contribution in [0.25, 0.3) is 0 Å². The Morgan fingerprint density at radius 2 is 2.22 bits per heavy atom. The summed E-state index contributed by atoms with van der Waals surface area (Å²) in [7, 11) is 0. The minimum absolute atomic E-state index is 0.192. The normalized spacial score (nSPS) is 24.1. The smallest absolute Gasteiger partial charge is 0.292 e. The van der Waals surface area contributed by atoms with E-state index >= 15 is 0 Å². The lowest BCUT2D eigenvalue weighted by Crippen LogP contribution is -2.45.